The molecule has 0 radical (unpaired) electrons. The predicted octanol–water partition coefficient (Wildman–Crippen LogP) is 2.41. The first kappa shape index (κ1) is 21.9. The van der Waals surface area contributed by atoms with E-state index in [4.69, 9.17) is 18.9 Å². The Kier molecular flexibility index (Phi) is 8.14. The van der Waals surface area contributed by atoms with Crippen LogP contribution in [0.4, 0.5) is 5.69 Å². The molecule has 0 bridgehead atoms. The Morgan fingerprint density at radius 2 is 1.62 bits per heavy atom. The maximum atomic E-state index is 12.3. The van der Waals surface area contributed by atoms with Crippen molar-refractivity contribution in [3.8, 4) is 23.0 Å². The number of rotatable bonds is 10. The van der Waals surface area contributed by atoms with E-state index in [2.05, 4.69) is 10.6 Å². The number of carbonyl (C=O) groups excluding carboxylic acids is 2. The highest BCUT2D eigenvalue weighted by molar-refractivity contribution is 5.91. The molecule has 0 spiro atoms. The minimum atomic E-state index is -0.232. The van der Waals surface area contributed by atoms with E-state index < -0.39 is 0 Å². The van der Waals surface area contributed by atoms with E-state index in [1.54, 1.807) is 45.6 Å². The molecule has 2 amide bonds. The van der Waals surface area contributed by atoms with Gasteiger partial charge in [0.15, 0.2) is 18.1 Å². The summed E-state index contributed by atoms with van der Waals surface area (Å²) in [4.78, 5) is 23.6. The van der Waals surface area contributed by atoms with E-state index in [0.29, 0.717) is 35.1 Å². The van der Waals surface area contributed by atoms with Crippen molar-refractivity contribution >= 4 is 17.5 Å². The summed E-state index contributed by atoms with van der Waals surface area (Å²) in [5, 5.41) is 5.31. The highest BCUT2D eigenvalue weighted by Crippen LogP contribution is 2.38. The van der Waals surface area contributed by atoms with E-state index in [1.807, 2.05) is 12.1 Å². The van der Waals surface area contributed by atoms with Gasteiger partial charge in [0.2, 0.25) is 11.7 Å². The summed E-state index contributed by atoms with van der Waals surface area (Å²) in [5.74, 6) is 1.71. The molecule has 2 rings (SSSR count). The molecule has 0 unspecified atom stereocenters. The van der Waals surface area contributed by atoms with Gasteiger partial charge in [-0.2, -0.15) is 0 Å². The fraction of sp³-hybridized carbons (Fsp3) is 0.333. The Morgan fingerprint density at radius 3 is 2.21 bits per heavy atom. The minimum Gasteiger partial charge on any atom is -0.493 e. The van der Waals surface area contributed by atoms with E-state index in [-0.39, 0.29) is 24.8 Å². The molecule has 0 aliphatic rings. The smallest absolute Gasteiger partial charge is 0.257 e. The van der Waals surface area contributed by atoms with Gasteiger partial charge in [0.05, 0.1) is 21.3 Å². The number of likely N-dealkylation sites (N-methyl/N-ethyl adjacent to an activating group) is 1. The Morgan fingerprint density at radius 1 is 0.931 bits per heavy atom. The number of amides is 2. The summed E-state index contributed by atoms with van der Waals surface area (Å²) in [6.45, 7) is -0.0883. The summed E-state index contributed by atoms with van der Waals surface area (Å²) in [6, 6.07) is 10.5. The predicted molar refractivity (Wildman–Crippen MR) is 109 cm³/mol. The van der Waals surface area contributed by atoms with Crippen LogP contribution in [0.3, 0.4) is 0 Å². The van der Waals surface area contributed by atoms with Crippen molar-refractivity contribution < 1.29 is 28.5 Å². The van der Waals surface area contributed by atoms with Gasteiger partial charge in [0.25, 0.3) is 5.91 Å². The number of hydrogen-bond donors (Lipinski definition) is 2. The Labute approximate surface area is 170 Å². The zero-order valence-corrected chi connectivity index (χ0v) is 17.0. The second kappa shape index (κ2) is 10.8. The Hall–Kier alpha value is -3.42. The lowest BCUT2D eigenvalue weighted by atomic mass is 10.1. The second-order valence-corrected chi connectivity index (χ2v) is 6.07. The molecule has 0 aliphatic carbocycles. The third-order valence-electron chi connectivity index (χ3n) is 4.13. The van der Waals surface area contributed by atoms with Crippen LogP contribution in [0, 0.1) is 0 Å². The summed E-state index contributed by atoms with van der Waals surface area (Å²) in [6.07, 6.45) is 0.761. The summed E-state index contributed by atoms with van der Waals surface area (Å²) >= 11 is 0. The molecule has 0 aromatic heterocycles. The van der Waals surface area contributed by atoms with Crippen LogP contribution in [0.5, 0.6) is 23.0 Å². The second-order valence-electron chi connectivity index (χ2n) is 6.07. The van der Waals surface area contributed by atoms with Crippen molar-refractivity contribution in [2.45, 2.75) is 12.8 Å². The number of ether oxygens (including phenoxy) is 4. The zero-order valence-electron chi connectivity index (χ0n) is 17.0. The fourth-order valence-corrected chi connectivity index (χ4v) is 2.65. The molecule has 0 atom stereocenters. The van der Waals surface area contributed by atoms with Crippen molar-refractivity contribution in [2.24, 2.45) is 0 Å². The molecule has 156 valence electrons. The Bertz CT molecular complexity index is 828. The molecule has 2 aromatic carbocycles. The number of methoxy groups -OCH3 is 3. The maximum Gasteiger partial charge on any atom is 0.257 e. The van der Waals surface area contributed by atoms with Crippen LogP contribution in [0.25, 0.3) is 0 Å². The first-order chi connectivity index (χ1) is 14.0. The molecule has 0 saturated heterocycles. The van der Waals surface area contributed by atoms with Crippen molar-refractivity contribution in [1.82, 2.24) is 5.32 Å². The van der Waals surface area contributed by atoms with Crippen LogP contribution in [-0.2, 0) is 16.0 Å². The highest BCUT2D eigenvalue weighted by Gasteiger charge is 2.14. The van der Waals surface area contributed by atoms with Gasteiger partial charge in [-0.25, -0.2) is 0 Å². The number of carbonyl (C=O) groups is 2. The van der Waals surface area contributed by atoms with Gasteiger partial charge in [0, 0.05) is 25.2 Å². The molecule has 0 fully saturated rings. The molecule has 0 heterocycles. The van der Waals surface area contributed by atoms with Crippen LogP contribution in [-0.4, -0.2) is 46.8 Å². The molecule has 0 saturated carbocycles. The average molecular weight is 402 g/mol. The van der Waals surface area contributed by atoms with E-state index >= 15 is 0 Å². The van der Waals surface area contributed by atoms with E-state index in [0.717, 1.165) is 5.56 Å². The summed E-state index contributed by atoms with van der Waals surface area (Å²) in [5.41, 5.74) is 1.48. The number of benzene rings is 2. The number of hydrogen-bond acceptors (Lipinski definition) is 6. The molecular formula is C21H26N2O6. The third kappa shape index (κ3) is 6.31. The van der Waals surface area contributed by atoms with Crippen LogP contribution >= 0.6 is 0 Å². The zero-order chi connectivity index (χ0) is 21.2. The molecule has 2 aromatic rings. The van der Waals surface area contributed by atoms with Gasteiger partial charge in [-0.15, -0.1) is 0 Å². The van der Waals surface area contributed by atoms with Crippen molar-refractivity contribution in [1.29, 1.82) is 0 Å². The van der Waals surface area contributed by atoms with E-state index in [9.17, 15) is 9.59 Å². The minimum absolute atomic E-state index is 0.0883. The first-order valence-electron chi connectivity index (χ1n) is 9.02. The monoisotopic (exact) mass is 402 g/mol. The molecule has 0 aliphatic heterocycles. The van der Waals surface area contributed by atoms with Gasteiger partial charge in [0.1, 0.15) is 5.75 Å². The number of nitrogens with one attached hydrogen (secondary N) is 2. The SMILES string of the molecule is CNC(=O)COc1cccc(NC(=O)CCc2cc(OC)c(OC)c(OC)c2)c1. The van der Waals surface area contributed by atoms with E-state index in [1.165, 1.54) is 7.05 Å². The maximum absolute atomic E-state index is 12.3. The van der Waals surface area contributed by atoms with Crippen molar-refractivity contribution in [3.05, 3.63) is 42.0 Å². The molecule has 29 heavy (non-hydrogen) atoms. The fourth-order valence-electron chi connectivity index (χ4n) is 2.65. The van der Waals surface area contributed by atoms with Crippen molar-refractivity contribution in [3.63, 3.8) is 0 Å². The van der Waals surface area contributed by atoms with Crippen LogP contribution in [0.1, 0.15) is 12.0 Å². The van der Waals surface area contributed by atoms with Gasteiger partial charge in [-0.1, -0.05) is 6.07 Å². The van der Waals surface area contributed by atoms with Crippen LogP contribution < -0.4 is 29.6 Å². The van der Waals surface area contributed by atoms with Gasteiger partial charge in [-0.05, 0) is 36.2 Å². The van der Waals surface area contributed by atoms with Crippen LogP contribution in [0.15, 0.2) is 36.4 Å². The topological polar surface area (TPSA) is 95.1 Å². The first-order valence-corrected chi connectivity index (χ1v) is 9.02. The molecular weight excluding hydrogens is 376 g/mol. The number of aryl methyl sites for hydroxylation is 1. The largest absolute Gasteiger partial charge is 0.493 e. The van der Waals surface area contributed by atoms with Crippen LogP contribution in [0.2, 0.25) is 0 Å². The Balaban J connectivity index is 1.97. The standard InChI is InChI=1S/C21H26N2O6/c1-22-20(25)13-29-16-7-5-6-15(12-16)23-19(24)9-8-14-10-17(26-2)21(28-4)18(11-14)27-3/h5-7,10-12H,8-9,13H2,1-4H3,(H,22,25)(H,23,24). The lowest BCUT2D eigenvalue weighted by Gasteiger charge is -2.14. The normalized spacial score (nSPS) is 10.1. The lowest BCUT2D eigenvalue weighted by Crippen LogP contribution is -2.24. The molecule has 8 heteroatoms. The average Bonchev–Trinajstić information content (AvgIpc) is 2.75. The lowest BCUT2D eigenvalue weighted by molar-refractivity contribution is -0.122. The van der Waals surface area contributed by atoms with Gasteiger partial charge >= 0.3 is 0 Å². The summed E-state index contributed by atoms with van der Waals surface area (Å²) < 4.78 is 21.4. The number of anilines is 1. The van der Waals surface area contributed by atoms with Gasteiger partial charge < -0.3 is 29.6 Å². The quantitative estimate of drug-likeness (QED) is 0.634. The van der Waals surface area contributed by atoms with Gasteiger partial charge in [-0.3, -0.25) is 9.59 Å². The highest BCUT2D eigenvalue weighted by atomic mass is 16.5. The molecule has 8 nitrogen and oxygen atoms in total. The summed E-state index contributed by atoms with van der Waals surface area (Å²) in [7, 11) is 6.18. The third-order valence-corrected chi connectivity index (χ3v) is 4.13. The van der Waals surface area contributed by atoms with Crippen molar-refractivity contribution in [2.75, 3.05) is 40.3 Å². The molecule has 2 N–H and O–H groups in total.